The number of carboxylic acid groups (broad SMARTS) is 1. The highest BCUT2D eigenvalue weighted by molar-refractivity contribution is 9.10. The van der Waals surface area contributed by atoms with Gasteiger partial charge in [0.1, 0.15) is 5.75 Å². The summed E-state index contributed by atoms with van der Waals surface area (Å²) in [7, 11) is 0. The van der Waals surface area contributed by atoms with Crippen LogP contribution in [0.3, 0.4) is 0 Å². The second-order valence-electron chi connectivity index (χ2n) is 4.06. The molecule has 0 aliphatic carbocycles. The van der Waals surface area contributed by atoms with Gasteiger partial charge in [0.05, 0.1) is 10.9 Å². The number of hydrogen-bond donors (Lipinski definition) is 1. The lowest BCUT2D eigenvalue weighted by atomic mass is 10.1. The molecule has 0 saturated heterocycles. The third-order valence-corrected chi connectivity index (χ3v) is 3.51. The molecule has 0 saturated carbocycles. The second kappa shape index (κ2) is 5.84. The Kier molecular flexibility index (Phi) is 4.16. The minimum Gasteiger partial charge on any atom is -0.481 e. The van der Waals surface area contributed by atoms with Crippen molar-refractivity contribution in [3.8, 4) is 11.6 Å². The summed E-state index contributed by atoms with van der Waals surface area (Å²) in [5.74, 6) is 0.260. The molecule has 0 fully saturated rings. The summed E-state index contributed by atoms with van der Waals surface area (Å²) in [6.45, 7) is 1.95. The maximum atomic E-state index is 10.6. The van der Waals surface area contributed by atoms with Gasteiger partial charge >= 0.3 is 5.97 Å². The van der Waals surface area contributed by atoms with Gasteiger partial charge in [0.15, 0.2) is 0 Å². The van der Waals surface area contributed by atoms with E-state index in [0.717, 1.165) is 15.6 Å². The highest BCUT2D eigenvalue weighted by atomic mass is 79.9. The summed E-state index contributed by atoms with van der Waals surface area (Å²) < 4.78 is 6.45. The number of halogens is 1. The van der Waals surface area contributed by atoms with Gasteiger partial charge in [-0.25, -0.2) is 4.98 Å². The zero-order valence-electron chi connectivity index (χ0n) is 10.3. The first-order valence-corrected chi connectivity index (χ1v) is 6.45. The molecule has 0 aliphatic rings. The maximum absolute atomic E-state index is 10.6. The fraction of sp³-hybridized carbons (Fsp3) is 0.143. The normalized spacial score (nSPS) is 10.2. The van der Waals surface area contributed by atoms with Crippen LogP contribution in [-0.2, 0) is 11.2 Å². The third-order valence-electron chi connectivity index (χ3n) is 2.54. The first-order chi connectivity index (χ1) is 9.06. The number of carboxylic acids is 1. The van der Waals surface area contributed by atoms with Crippen molar-refractivity contribution in [2.75, 3.05) is 0 Å². The van der Waals surface area contributed by atoms with Crippen LogP contribution in [0.4, 0.5) is 0 Å². The molecule has 19 heavy (non-hydrogen) atoms. The number of ether oxygens (including phenoxy) is 1. The standard InChI is InChI=1S/C14H12BrNO3/c1-9-6-7-16-14(13(9)15)19-11-4-2-10(3-5-11)8-12(17)18/h2-7H,8H2,1H3,(H,17,18). The van der Waals surface area contributed by atoms with Crippen molar-refractivity contribution < 1.29 is 14.6 Å². The number of pyridine rings is 1. The van der Waals surface area contributed by atoms with Crippen LogP contribution in [0.25, 0.3) is 0 Å². The lowest BCUT2D eigenvalue weighted by molar-refractivity contribution is -0.136. The van der Waals surface area contributed by atoms with E-state index in [1.807, 2.05) is 13.0 Å². The van der Waals surface area contributed by atoms with Crippen molar-refractivity contribution in [3.63, 3.8) is 0 Å². The van der Waals surface area contributed by atoms with Crippen LogP contribution in [0.2, 0.25) is 0 Å². The molecule has 0 amide bonds. The molecular weight excluding hydrogens is 310 g/mol. The van der Waals surface area contributed by atoms with Gasteiger partial charge in [0.2, 0.25) is 5.88 Å². The molecule has 1 N–H and O–H groups in total. The van der Waals surface area contributed by atoms with E-state index in [4.69, 9.17) is 9.84 Å². The Labute approximate surface area is 119 Å². The van der Waals surface area contributed by atoms with Crippen molar-refractivity contribution in [3.05, 3.63) is 52.1 Å². The molecular formula is C14H12BrNO3. The molecule has 4 nitrogen and oxygen atoms in total. The molecule has 2 aromatic rings. The average Bonchev–Trinajstić information content (AvgIpc) is 2.37. The van der Waals surface area contributed by atoms with E-state index in [-0.39, 0.29) is 6.42 Å². The first-order valence-electron chi connectivity index (χ1n) is 5.66. The molecule has 98 valence electrons. The number of benzene rings is 1. The molecule has 0 spiro atoms. The Balaban J connectivity index is 2.15. The Morgan fingerprint density at radius 3 is 2.63 bits per heavy atom. The van der Waals surface area contributed by atoms with Gasteiger partial charge in [-0.3, -0.25) is 4.79 Å². The van der Waals surface area contributed by atoms with E-state index in [2.05, 4.69) is 20.9 Å². The minimum atomic E-state index is -0.850. The van der Waals surface area contributed by atoms with E-state index < -0.39 is 5.97 Å². The number of aromatic nitrogens is 1. The number of aliphatic carboxylic acids is 1. The SMILES string of the molecule is Cc1ccnc(Oc2ccc(CC(=O)O)cc2)c1Br. The fourth-order valence-electron chi connectivity index (χ4n) is 1.55. The average molecular weight is 322 g/mol. The van der Waals surface area contributed by atoms with Gasteiger partial charge in [-0.2, -0.15) is 0 Å². The molecule has 1 heterocycles. The molecule has 2 rings (SSSR count). The van der Waals surface area contributed by atoms with Crippen LogP contribution in [0.5, 0.6) is 11.6 Å². The summed E-state index contributed by atoms with van der Waals surface area (Å²) in [4.78, 5) is 14.7. The molecule has 5 heteroatoms. The minimum absolute atomic E-state index is 0.00662. The fourth-order valence-corrected chi connectivity index (χ4v) is 1.86. The van der Waals surface area contributed by atoms with Crippen molar-refractivity contribution >= 4 is 21.9 Å². The second-order valence-corrected chi connectivity index (χ2v) is 4.86. The monoisotopic (exact) mass is 321 g/mol. The van der Waals surface area contributed by atoms with Crippen molar-refractivity contribution in [1.29, 1.82) is 0 Å². The maximum Gasteiger partial charge on any atom is 0.307 e. The van der Waals surface area contributed by atoms with E-state index >= 15 is 0 Å². The zero-order chi connectivity index (χ0) is 13.8. The Bertz CT molecular complexity index is 596. The van der Waals surface area contributed by atoms with E-state index in [9.17, 15) is 4.79 Å². The molecule has 0 unspecified atom stereocenters. The molecule has 0 atom stereocenters. The van der Waals surface area contributed by atoms with Crippen LogP contribution < -0.4 is 4.74 Å². The van der Waals surface area contributed by atoms with Crippen molar-refractivity contribution in [2.45, 2.75) is 13.3 Å². The van der Waals surface area contributed by atoms with E-state index in [1.54, 1.807) is 30.5 Å². The zero-order valence-corrected chi connectivity index (χ0v) is 11.8. The number of nitrogens with zero attached hydrogens (tertiary/aromatic N) is 1. The number of hydrogen-bond acceptors (Lipinski definition) is 3. The van der Waals surface area contributed by atoms with Gasteiger partial charge in [0.25, 0.3) is 0 Å². The largest absolute Gasteiger partial charge is 0.481 e. The van der Waals surface area contributed by atoms with Crippen molar-refractivity contribution in [2.24, 2.45) is 0 Å². The van der Waals surface area contributed by atoms with Gasteiger partial charge in [-0.05, 0) is 52.2 Å². The van der Waals surface area contributed by atoms with Crippen LogP contribution in [0.15, 0.2) is 41.0 Å². The topological polar surface area (TPSA) is 59.4 Å². The van der Waals surface area contributed by atoms with Crippen LogP contribution >= 0.6 is 15.9 Å². The molecule has 0 radical (unpaired) electrons. The van der Waals surface area contributed by atoms with Gasteiger partial charge in [-0.15, -0.1) is 0 Å². The molecule has 0 aliphatic heterocycles. The van der Waals surface area contributed by atoms with Gasteiger partial charge < -0.3 is 9.84 Å². The summed E-state index contributed by atoms with van der Waals surface area (Å²) >= 11 is 3.42. The van der Waals surface area contributed by atoms with Crippen LogP contribution in [0, 0.1) is 6.92 Å². The summed E-state index contributed by atoms with van der Waals surface area (Å²) in [6, 6.07) is 8.80. The third kappa shape index (κ3) is 3.54. The summed E-state index contributed by atoms with van der Waals surface area (Å²) in [6.07, 6.45) is 1.68. The van der Waals surface area contributed by atoms with Gasteiger partial charge in [0, 0.05) is 6.20 Å². The Hall–Kier alpha value is -1.88. The molecule has 1 aromatic heterocycles. The van der Waals surface area contributed by atoms with E-state index in [0.29, 0.717) is 11.6 Å². The Morgan fingerprint density at radius 1 is 1.32 bits per heavy atom. The Morgan fingerprint density at radius 2 is 2.00 bits per heavy atom. The predicted molar refractivity (Wildman–Crippen MR) is 74.5 cm³/mol. The lowest BCUT2D eigenvalue weighted by Crippen LogP contribution is -1.99. The van der Waals surface area contributed by atoms with E-state index in [1.165, 1.54) is 0 Å². The van der Waals surface area contributed by atoms with Gasteiger partial charge in [-0.1, -0.05) is 12.1 Å². The lowest BCUT2D eigenvalue weighted by Gasteiger charge is -2.08. The molecule has 1 aromatic carbocycles. The highest BCUT2D eigenvalue weighted by Gasteiger charge is 2.07. The quantitative estimate of drug-likeness (QED) is 0.935. The van der Waals surface area contributed by atoms with Crippen LogP contribution in [-0.4, -0.2) is 16.1 Å². The number of rotatable bonds is 4. The highest BCUT2D eigenvalue weighted by Crippen LogP contribution is 2.29. The smallest absolute Gasteiger partial charge is 0.307 e. The number of aryl methyl sites for hydroxylation is 1. The van der Waals surface area contributed by atoms with Crippen LogP contribution in [0.1, 0.15) is 11.1 Å². The number of carbonyl (C=O) groups is 1. The summed E-state index contributed by atoms with van der Waals surface area (Å²) in [5, 5.41) is 8.69. The predicted octanol–water partition coefficient (Wildman–Crippen LogP) is 3.57. The molecule has 0 bridgehead atoms. The first kappa shape index (κ1) is 13.5. The summed E-state index contributed by atoms with van der Waals surface area (Å²) in [5.41, 5.74) is 1.77. The van der Waals surface area contributed by atoms with Crippen molar-refractivity contribution in [1.82, 2.24) is 4.98 Å².